The van der Waals surface area contributed by atoms with Gasteiger partial charge in [0.15, 0.2) is 0 Å². The van der Waals surface area contributed by atoms with Crippen molar-refractivity contribution < 1.29 is 31.5 Å². The van der Waals surface area contributed by atoms with E-state index >= 15 is 0 Å². The molecular formula is C12H19F5O2S. The highest BCUT2D eigenvalue weighted by atomic mass is 32.2. The molecule has 0 aromatic carbocycles. The SMILES string of the molecule is COC(=O)C(SCCCC(F)(F)C(F)C(F)F)C(C)C. The second kappa shape index (κ2) is 8.69. The van der Waals surface area contributed by atoms with E-state index in [1.807, 2.05) is 0 Å². The molecule has 0 aliphatic heterocycles. The normalized spacial score (nSPS) is 15.5. The van der Waals surface area contributed by atoms with Crippen molar-refractivity contribution in [3.8, 4) is 0 Å². The van der Waals surface area contributed by atoms with Crippen LogP contribution in [0.5, 0.6) is 0 Å². The molecule has 0 rings (SSSR count). The number of methoxy groups -OCH3 is 1. The first-order valence-electron chi connectivity index (χ1n) is 6.13. The Hall–Kier alpha value is -0.530. The summed E-state index contributed by atoms with van der Waals surface area (Å²) in [7, 11) is 1.22. The van der Waals surface area contributed by atoms with Crippen LogP contribution < -0.4 is 0 Å². The maximum absolute atomic E-state index is 13.0. The molecule has 0 N–H and O–H groups in total. The molecule has 0 spiro atoms. The molecule has 120 valence electrons. The molecule has 0 aromatic rings. The lowest BCUT2D eigenvalue weighted by molar-refractivity contribution is -0.140. The first-order chi connectivity index (χ1) is 9.13. The van der Waals surface area contributed by atoms with Crippen LogP contribution in [0, 0.1) is 5.92 Å². The number of hydrogen-bond acceptors (Lipinski definition) is 3. The van der Waals surface area contributed by atoms with Crippen molar-refractivity contribution in [3.05, 3.63) is 0 Å². The fourth-order valence-electron chi connectivity index (χ4n) is 1.49. The van der Waals surface area contributed by atoms with Crippen molar-refractivity contribution in [3.63, 3.8) is 0 Å². The molecule has 0 saturated carbocycles. The van der Waals surface area contributed by atoms with Gasteiger partial charge in [0.05, 0.1) is 7.11 Å². The molecule has 0 aliphatic carbocycles. The third kappa shape index (κ3) is 6.28. The average Bonchev–Trinajstić information content (AvgIpc) is 2.36. The van der Waals surface area contributed by atoms with Gasteiger partial charge in [-0.15, -0.1) is 11.8 Å². The monoisotopic (exact) mass is 322 g/mol. The number of hydrogen-bond donors (Lipinski definition) is 0. The molecule has 0 aliphatic rings. The first kappa shape index (κ1) is 19.5. The number of carbonyl (C=O) groups excluding carboxylic acids is 1. The van der Waals surface area contributed by atoms with E-state index in [9.17, 15) is 26.7 Å². The van der Waals surface area contributed by atoms with Gasteiger partial charge in [-0.1, -0.05) is 13.8 Å². The van der Waals surface area contributed by atoms with E-state index in [2.05, 4.69) is 4.74 Å². The molecule has 0 aromatic heterocycles. The van der Waals surface area contributed by atoms with Crippen molar-refractivity contribution in [2.75, 3.05) is 12.9 Å². The summed E-state index contributed by atoms with van der Waals surface area (Å²) < 4.78 is 67.0. The second-order valence-corrected chi connectivity index (χ2v) is 5.91. The van der Waals surface area contributed by atoms with Crippen LogP contribution in [0.1, 0.15) is 26.7 Å². The van der Waals surface area contributed by atoms with Gasteiger partial charge in [0.25, 0.3) is 12.3 Å². The van der Waals surface area contributed by atoms with Crippen LogP contribution in [0.3, 0.4) is 0 Å². The fraction of sp³-hybridized carbons (Fsp3) is 0.917. The van der Waals surface area contributed by atoms with Crippen LogP contribution in [0.15, 0.2) is 0 Å². The van der Waals surface area contributed by atoms with Gasteiger partial charge in [0.1, 0.15) is 5.25 Å². The molecule has 0 saturated heterocycles. The highest BCUT2D eigenvalue weighted by Gasteiger charge is 2.45. The zero-order valence-electron chi connectivity index (χ0n) is 11.5. The summed E-state index contributed by atoms with van der Waals surface area (Å²) in [4.78, 5) is 11.4. The van der Waals surface area contributed by atoms with Crippen LogP contribution in [0.4, 0.5) is 22.0 Å². The van der Waals surface area contributed by atoms with Gasteiger partial charge in [0, 0.05) is 6.42 Å². The number of carbonyl (C=O) groups is 1. The molecule has 0 amide bonds. The summed E-state index contributed by atoms with van der Waals surface area (Å²) >= 11 is 1.11. The molecule has 0 heterocycles. The van der Waals surface area contributed by atoms with Crippen LogP contribution in [-0.2, 0) is 9.53 Å². The van der Waals surface area contributed by atoms with Gasteiger partial charge in [-0.05, 0) is 18.1 Å². The first-order valence-corrected chi connectivity index (χ1v) is 7.17. The Morgan fingerprint density at radius 1 is 1.25 bits per heavy atom. The highest BCUT2D eigenvalue weighted by molar-refractivity contribution is 8.00. The molecule has 20 heavy (non-hydrogen) atoms. The maximum atomic E-state index is 13.0. The largest absolute Gasteiger partial charge is 0.468 e. The number of ether oxygens (including phenoxy) is 1. The number of rotatable bonds is 9. The molecule has 8 heteroatoms. The Balaban J connectivity index is 4.21. The van der Waals surface area contributed by atoms with Gasteiger partial charge in [-0.25, -0.2) is 22.0 Å². The zero-order valence-corrected chi connectivity index (χ0v) is 12.4. The number of thioether (sulfide) groups is 1. The Kier molecular flexibility index (Phi) is 8.46. The highest BCUT2D eigenvalue weighted by Crippen LogP contribution is 2.32. The summed E-state index contributed by atoms with van der Waals surface area (Å²) in [5.74, 6) is -4.42. The minimum Gasteiger partial charge on any atom is -0.468 e. The molecule has 2 atom stereocenters. The predicted molar refractivity (Wildman–Crippen MR) is 68.2 cm³/mol. The lowest BCUT2D eigenvalue weighted by Gasteiger charge is -2.21. The van der Waals surface area contributed by atoms with Gasteiger partial charge in [-0.2, -0.15) is 0 Å². The Bertz CT molecular complexity index is 300. The standard InChI is InChI=1S/C12H19F5O2S/c1-7(2)8(11(18)19-3)20-6-4-5-12(16,17)9(13)10(14)15/h7-10H,4-6H2,1-3H3. The summed E-state index contributed by atoms with van der Waals surface area (Å²) in [5, 5.41) is -0.509. The van der Waals surface area contributed by atoms with Gasteiger partial charge in [0.2, 0.25) is 6.17 Å². The van der Waals surface area contributed by atoms with E-state index in [1.165, 1.54) is 7.11 Å². The summed E-state index contributed by atoms with van der Waals surface area (Å²) in [5.41, 5.74) is 0. The third-order valence-corrected chi connectivity index (χ3v) is 4.24. The summed E-state index contributed by atoms with van der Waals surface area (Å²) in [6, 6.07) is 0. The van der Waals surface area contributed by atoms with E-state index in [-0.39, 0.29) is 18.1 Å². The fourth-order valence-corrected chi connectivity index (χ4v) is 2.67. The number of esters is 1. The van der Waals surface area contributed by atoms with E-state index in [1.54, 1.807) is 13.8 Å². The average molecular weight is 322 g/mol. The van der Waals surface area contributed by atoms with E-state index in [4.69, 9.17) is 0 Å². The van der Waals surface area contributed by atoms with Crippen molar-refractivity contribution in [2.24, 2.45) is 5.92 Å². The van der Waals surface area contributed by atoms with Crippen LogP contribution >= 0.6 is 11.8 Å². The van der Waals surface area contributed by atoms with Gasteiger partial charge in [-0.3, -0.25) is 4.79 Å². The quantitative estimate of drug-likeness (QED) is 0.365. The maximum Gasteiger partial charge on any atom is 0.319 e. The zero-order chi connectivity index (χ0) is 15.9. The smallest absolute Gasteiger partial charge is 0.319 e. The lowest BCUT2D eigenvalue weighted by atomic mass is 10.1. The predicted octanol–water partition coefficient (Wildman–Crippen LogP) is 3.94. The second-order valence-electron chi connectivity index (χ2n) is 4.66. The minimum absolute atomic E-state index is 0.0528. The van der Waals surface area contributed by atoms with E-state index in [0.29, 0.717) is 0 Å². The lowest BCUT2D eigenvalue weighted by Crippen LogP contribution is -2.35. The topological polar surface area (TPSA) is 26.3 Å². The van der Waals surface area contributed by atoms with Crippen molar-refractivity contribution in [2.45, 2.75) is 50.5 Å². The van der Waals surface area contributed by atoms with Crippen LogP contribution in [0.25, 0.3) is 0 Å². The molecule has 0 bridgehead atoms. The Labute approximate surface area is 119 Å². The van der Waals surface area contributed by atoms with Gasteiger partial charge < -0.3 is 4.74 Å². The Morgan fingerprint density at radius 3 is 2.20 bits per heavy atom. The van der Waals surface area contributed by atoms with Crippen molar-refractivity contribution in [1.82, 2.24) is 0 Å². The molecule has 0 radical (unpaired) electrons. The minimum atomic E-state index is -4.05. The van der Waals surface area contributed by atoms with Crippen LogP contribution in [0.2, 0.25) is 0 Å². The van der Waals surface area contributed by atoms with Crippen molar-refractivity contribution in [1.29, 1.82) is 0 Å². The van der Waals surface area contributed by atoms with E-state index < -0.39 is 36.2 Å². The molecule has 2 unspecified atom stereocenters. The Morgan fingerprint density at radius 2 is 1.80 bits per heavy atom. The van der Waals surface area contributed by atoms with Gasteiger partial charge >= 0.3 is 5.97 Å². The number of alkyl halides is 5. The molecule has 2 nitrogen and oxygen atoms in total. The number of halogens is 5. The van der Waals surface area contributed by atoms with E-state index in [0.717, 1.165) is 11.8 Å². The molecular weight excluding hydrogens is 303 g/mol. The van der Waals surface area contributed by atoms with Crippen LogP contribution in [-0.4, -0.2) is 42.6 Å². The van der Waals surface area contributed by atoms with Crippen molar-refractivity contribution >= 4 is 17.7 Å². The molecule has 0 fully saturated rings. The summed E-state index contributed by atoms with van der Waals surface area (Å²) in [6.45, 7) is 3.55. The third-order valence-electron chi connectivity index (χ3n) is 2.62. The summed E-state index contributed by atoms with van der Waals surface area (Å²) in [6.07, 6.45) is -8.28.